The number of hydrogen-bond donors (Lipinski definition) is 0. The number of carbonyl (C=O) groups excluding carboxylic acids is 1. The van der Waals surface area contributed by atoms with Gasteiger partial charge < -0.3 is 4.74 Å². The van der Waals surface area contributed by atoms with Gasteiger partial charge in [-0.3, -0.25) is 4.79 Å². The molecule has 1 saturated carbocycles. The fraction of sp³-hybridized carbons (Fsp3) is 0.650. The minimum absolute atomic E-state index is 0.432. The van der Waals surface area contributed by atoms with Crippen LogP contribution in [0.5, 0.6) is 5.75 Å². The van der Waals surface area contributed by atoms with E-state index in [4.69, 9.17) is 4.74 Å². The van der Waals surface area contributed by atoms with Gasteiger partial charge in [-0.05, 0) is 49.8 Å². The molecular formula is C20H20F10O2. The van der Waals surface area contributed by atoms with E-state index >= 15 is 0 Å². The number of alkyl halides is 9. The predicted molar refractivity (Wildman–Crippen MR) is 92.4 cm³/mol. The van der Waals surface area contributed by atoms with Crippen LogP contribution < -0.4 is 4.74 Å². The molecule has 0 unspecified atom stereocenters. The number of rotatable bonds is 7. The fourth-order valence-electron chi connectivity index (χ4n) is 3.60. The summed E-state index contributed by atoms with van der Waals surface area (Å²) in [7, 11) is 0. The van der Waals surface area contributed by atoms with E-state index in [0.29, 0.717) is 12.0 Å². The summed E-state index contributed by atoms with van der Waals surface area (Å²) in [6.07, 6.45) is -8.47. The highest BCUT2D eigenvalue weighted by atomic mass is 19.4. The molecule has 0 saturated heterocycles. The summed E-state index contributed by atoms with van der Waals surface area (Å²) in [6.45, 7) is 1.87. The molecule has 0 aliphatic heterocycles. The first-order valence-electron chi connectivity index (χ1n) is 9.76. The van der Waals surface area contributed by atoms with Gasteiger partial charge in [0, 0.05) is 5.92 Å². The Morgan fingerprint density at radius 3 is 1.97 bits per heavy atom. The highest BCUT2D eigenvalue weighted by molar-refractivity contribution is 5.75. The Morgan fingerprint density at radius 2 is 1.50 bits per heavy atom. The van der Waals surface area contributed by atoms with Crippen molar-refractivity contribution in [3.05, 3.63) is 29.6 Å². The second-order valence-electron chi connectivity index (χ2n) is 7.75. The van der Waals surface area contributed by atoms with Gasteiger partial charge in [0.05, 0.1) is 5.92 Å². The molecule has 1 fully saturated rings. The van der Waals surface area contributed by atoms with Crippen LogP contribution in [0.1, 0.15) is 44.6 Å². The molecule has 0 bridgehead atoms. The van der Waals surface area contributed by atoms with E-state index in [9.17, 15) is 48.7 Å². The van der Waals surface area contributed by atoms with Crippen LogP contribution in [0.2, 0.25) is 0 Å². The molecule has 1 aliphatic rings. The van der Waals surface area contributed by atoms with Crippen molar-refractivity contribution in [3.8, 4) is 5.75 Å². The molecule has 1 aromatic rings. The van der Waals surface area contributed by atoms with E-state index in [1.807, 2.05) is 6.92 Å². The third-order valence-corrected chi connectivity index (χ3v) is 5.49. The summed E-state index contributed by atoms with van der Waals surface area (Å²) in [6, 6.07) is 3.85. The molecule has 1 aromatic carbocycles. The van der Waals surface area contributed by atoms with Gasteiger partial charge in [0.2, 0.25) is 0 Å². The maximum Gasteiger partial charge on any atom is 0.460 e. The molecule has 12 heteroatoms. The van der Waals surface area contributed by atoms with Crippen molar-refractivity contribution in [3.63, 3.8) is 0 Å². The molecule has 0 heterocycles. The Kier molecular flexibility index (Phi) is 7.45. The van der Waals surface area contributed by atoms with Crippen molar-refractivity contribution in [1.29, 1.82) is 0 Å². The maximum absolute atomic E-state index is 14.0. The van der Waals surface area contributed by atoms with E-state index in [0.717, 1.165) is 12.5 Å². The lowest BCUT2D eigenvalue weighted by Gasteiger charge is -2.39. The Bertz CT molecular complexity index is 811. The van der Waals surface area contributed by atoms with E-state index in [1.165, 1.54) is 12.1 Å². The van der Waals surface area contributed by atoms with Gasteiger partial charge in [-0.1, -0.05) is 19.4 Å². The third-order valence-electron chi connectivity index (χ3n) is 5.49. The zero-order valence-electron chi connectivity index (χ0n) is 16.7. The molecule has 32 heavy (non-hydrogen) atoms. The lowest BCUT2D eigenvalue weighted by molar-refractivity contribution is -0.404. The number of ether oxygens (including phenoxy) is 1. The lowest BCUT2D eigenvalue weighted by Crippen LogP contribution is -2.63. The van der Waals surface area contributed by atoms with Crippen molar-refractivity contribution in [1.82, 2.24) is 0 Å². The first-order chi connectivity index (χ1) is 14.6. The molecule has 2 rings (SSSR count). The highest BCUT2D eigenvalue weighted by Gasteiger charge is 2.82. The van der Waals surface area contributed by atoms with Gasteiger partial charge in [0.25, 0.3) is 0 Å². The van der Waals surface area contributed by atoms with Crippen molar-refractivity contribution in [2.24, 2.45) is 11.8 Å². The predicted octanol–water partition coefficient (Wildman–Crippen LogP) is 6.96. The molecule has 0 spiro atoms. The fourth-order valence-corrected chi connectivity index (χ4v) is 3.60. The SMILES string of the molecule is CCCc1ccc(OC(=O)C2CCC(C(F)(F)C(F)(F)C(F)(F)C(F)(F)F)CC2)c(F)c1. The van der Waals surface area contributed by atoms with Crippen LogP contribution in [0.4, 0.5) is 43.9 Å². The van der Waals surface area contributed by atoms with Crippen LogP contribution >= 0.6 is 0 Å². The van der Waals surface area contributed by atoms with Gasteiger partial charge in [-0.15, -0.1) is 0 Å². The summed E-state index contributed by atoms with van der Waals surface area (Å²) in [4.78, 5) is 12.2. The molecule has 1 aliphatic carbocycles. The molecule has 0 atom stereocenters. The summed E-state index contributed by atoms with van der Waals surface area (Å²) in [5.74, 6) is -25.3. The summed E-state index contributed by atoms with van der Waals surface area (Å²) in [5.41, 5.74) is 0.643. The van der Waals surface area contributed by atoms with Crippen molar-refractivity contribution < 1.29 is 53.4 Å². The van der Waals surface area contributed by atoms with Crippen molar-refractivity contribution in [2.45, 2.75) is 69.4 Å². The minimum Gasteiger partial charge on any atom is -0.423 e. The molecule has 0 N–H and O–H groups in total. The topological polar surface area (TPSA) is 26.3 Å². The number of carbonyl (C=O) groups is 1. The van der Waals surface area contributed by atoms with Gasteiger partial charge in [0.15, 0.2) is 11.6 Å². The molecule has 182 valence electrons. The summed E-state index contributed by atoms with van der Waals surface area (Å²) in [5, 5.41) is 0. The standard InChI is InChI=1S/C20H20F10O2/c1-2-3-11-4-9-15(14(21)10-11)32-16(31)12-5-7-13(8-6-12)17(22,23)18(24,25)19(26,27)20(28,29)30/h4,9-10,12-13H,2-3,5-8H2,1H3. The maximum atomic E-state index is 14.0. The summed E-state index contributed by atoms with van der Waals surface area (Å²) >= 11 is 0. The van der Waals surface area contributed by atoms with E-state index < -0.39 is 79.0 Å². The first kappa shape index (κ1) is 26.2. The average Bonchev–Trinajstić information content (AvgIpc) is 2.69. The van der Waals surface area contributed by atoms with Gasteiger partial charge in [-0.2, -0.15) is 39.5 Å². The zero-order valence-corrected chi connectivity index (χ0v) is 16.7. The van der Waals surface area contributed by atoms with E-state index in [2.05, 4.69) is 0 Å². The van der Waals surface area contributed by atoms with E-state index in [1.54, 1.807) is 0 Å². The molecule has 0 radical (unpaired) electrons. The Labute approximate surface area is 176 Å². The Morgan fingerprint density at radius 1 is 0.938 bits per heavy atom. The molecule has 0 aromatic heterocycles. The largest absolute Gasteiger partial charge is 0.460 e. The summed E-state index contributed by atoms with van der Waals surface area (Å²) < 4.78 is 137. The van der Waals surface area contributed by atoms with Gasteiger partial charge in [0.1, 0.15) is 0 Å². The van der Waals surface area contributed by atoms with Gasteiger partial charge in [-0.25, -0.2) is 4.39 Å². The molecule has 0 amide bonds. The van der Waals surface area contributed by atoms with Gasteiger partial charge >= 0.3 is 29.9 Å². The van der Waals surface area contributed by atoms with Crippen LogP contribution in [0.3, 0.4) is 0 Å². The van der Waals surface area contributed by atoms with Crippen LogP contribution in [0.15, 0.2) is 18.2 Å². The van der Waals surface area contributed by atoms with Crippen LogP contribution in [0.25, 0.3) is 0 Å². The Balaban J connectivity index is 2.05. The Hall–Kier alpha value is -2.01. The number of hydrogen-bond acceptors (Lipinski definition) is 2. The molecule has 2 nitrogen and oxygen atoms in total. The van der Waals surface area contributed by atoms with E-state index in [-0.39, 0.29) is 0 Å². The number of aryl methyl sites for hydroxylation is 1. The second-order valence-corrected chi connectivity index (χ2v) is 7.75. The quantitative estimate of drug-likeness (QED) is 0.239. The number of benzene rings is 1. The number of halogens is 10. The highest BCUT2D eigenvalue weighted by Crippen LogP contribution is 2.57. The van der Waals surface area contributed by atoms with Crippen LogP contribution in [-0.4, -0.2) is 29.9 Å². The van der Waals surface area contributed by atoms with Crippen LogP contribution in [0, 0.1) is 17.7 Å². The lowest BCUT2D eigenvalue weighted by atomic mass is 9.76. The third kappa shape index (κ3) is 4.83. The minimum atomic E-state index is -6.94. The van der Waals surface area contributed by atoms with Crippen molar-refractivity contribution in [2.75, 3.05) is 0 Å². The monoisotopic (exact) mass is 482 g/mol. The molecular weight excluding hydrogens is 462 g/mol. The number of esters is 1. The average molecular weight is 482 g/mol. The second kappa shape index (κ2) is 9.09. The zero-order chi connectivity index (χ0) is 24.5. The van der Waals surface area contributed by atoms with Crippen molar-refractivity contribution >= 4 is 5.97 Å². The van der Waals surface area contributed by atoms with Crippen LogP contribution in [-0.2, 0) is 11.2 Å². The first-order valence-corrected chi connectivity index (χ1v) is 9.76. The smallest absolute Gasteiger partial charge is 0.423 e. The normalized spacial score (nSPS) is 20.8.